The summed E-state index contributed by atoms with van der Waals surface area (Å²) in [6.45, 7) is 2.37. The Balaban J connectivity index is 1.86. The lowest BCUT2D eigenvalue weighted by Crippen LogP contribution is -2.30. The smallest absolute Gasteiger partial charge is 0.0934 e. The maximum Gasteiger partial charge on any atom is 0.0934 e. The second-order valence-electron chi connectivity index (χ2n) is 3.55. The van der Waals surface area contributed by atoms with Crippen molar-refractivity contribution in [3.63, 3.8) is 0 Å². The number of furan rings is 1. The van der Waals surface area contributed by atoms with E-state index in [9.17, 15) is 0 Å². The lowest BCUT2D eigenvalue weighted by Gasteiger charge is -2.21. The Morgan fingerprint density at radius 2 is 2.58 bits per heavy atom. The lowest BCUT2D eigenvalue weighted by molar-refractivity contribution is 0.375. The summed E-state index contributed by atoms with van der Waals surface area (Å²) in [4.78, 5) is 0. The molecule has 0 aliphatic carbocycles. The quantitative estimate of drug-likeness (QED) is 0.723. The molecule has 0 spiro atoms. The number of hydrogen-bond donors (Lipinski definition) is 1. The summed E-state index contributed by atoms with van der Waals surface area (Å²) in [7, 11) is 0. The Kier molecular flexibility index (Phi) is 2.47. The highest BCUT2D eigenvalue weighted by Gasteiger charge is 2.13. The van der Waals surface area contributed by atoms with E-state index in [0.717, 1.165) is 5.92 Å². The Hall–Kier alpha value is -0.760. The topological polar surface area (TPSA) is 25.2 Å². The van der Waals surface area contributed by atoms with Crippen molar-refractivity contribution in [3.8, 4) is 0 Å². The summed E-state index contributed by atoms with van der Waals surface area (Å²) < 4.78 is 5.04. The molecule has 12 heavy (non-hydrogen) atoms. The van der Waals surface area contributed by atoms with Crippen molar-refractivity contribution in [2.75, 3.05) is 13.1 Å². The zero-order chi connectivity index (χ0) is 8.23. The molecule has 2 heteroatoms. The molecule has 0 saturated carbocycles. The van der Waals surface area contributed by atoms with Crippen LogP contribution in [0.1, 0.15) is 18.4 Å². The molecular weight excluding hydrogens is 150 g/mol. The largest absolute Gasteiger partial charge is 0.472 e. The highest BCUT2D eigenvalue weighted by Crippen LogP contribution is 2.16. The summed E-state index contributed by atoms with van der Waals surface area (Å²) in [5, 5.41) is 3.42. The third kappa shape index (κ3) is 1.89. The molecule has 0 bridgehead atoms. The van der Waals surface area contributed by atoms with E-state index < -0.39 is 0 Å². The van der Waals surface area contributed by atoms with E-state index in [1.165, 1.54) is 37.9 Å². The van der Waals surface area contributed by atoms with Crippen LogP contribution in [0.2, 0.25) is 0 Å². The van der Waals surface area contributed by atoms with Gasteiger partial charge in [0.2, 0.25) is 0 Å². The molecule has 0 radical (unpaired) electrons. The first kappa shape index (κ1) is 7.87. The first-order valence-electron chi connectivity index (χ1n) is 4.67. The van der Waals surface area contributed by atoms with E-state index in [1.807, 2.05) is 6.26 Å². The second-order valence-corrected chi connectivity index (χ2v) is 3.55. The Morgan fingerprint density at radius 1 is 1.58 bits per heavy atom. The SMILES string of the molecule is c1cc(C[C@H]2CCCNC2)co1. The van der Waals surface area contributed by atoms with Gasteiger partial charge in [-0.15, -0.1) is 0 Å². The molecule has 1 aromatic rings. The van der Waals surface area contributed by atoms with Gasteiger partial charge in [0.1, 0.15) is 0 Å². The molecule has 1 aliphatic heterocycles. The Bertz CT molecular complexity index is 212. The number of piperidine rings is 1. The van der Waals surface area contributed by atoms with Gasteiger partial charge in [-0.3, -0.25) is 0 Å². The molecule has 1 saturated heterocycles. The summed E-state index contributed by atoms with van der Waals surface area (Å²) >= 11 is 0. The summed E-state index contributed by atoms with van der Waals surface area (Å²) in [5.41, 5.74) is 1.34. The molecule has 2 heterocycles. The summed E-state index contributed by atoms with van der Waals surface area (Å²) in [5.74, 6) is 0.816. The molecule has 1 aliphatic rings. The predicted molar refractivity (Wildman–Crippen MR) is 48.0 cm³/mol. The standard InChI is InChI=1S/C10H15NO/c1-2-9(7-11-4-1)6-10-3-5-12-8-10/h3,5,8-9,11H,1-2,4,6-7H2/t9-/m1/s1. The fraction of sp³-hybridized carbons (Fsp3) is 0.600. The van der Waals surface area contributed by atoms with Gasteiger partial charge in [-0.2, -0.15) is 0 Å². The van der Waals surface area contributed by atoms with Crippen LogP contribution in [0.3, 0.4) is 0 Å². The first-order chi connectivity index (χ1) is 5.95. The van der Waals surface area contributed by atoms with Gasteiger partial charge in [0, 0.05) is 0 Å². The molecule has 0 unspecified atom stereocenters. The molecule has 2 nitrogen and oxygen atoms in total. The van der Waals surface area contributed by atoms with Crippen LogP contribution in [0.15, 0.2) is 23.0 Å². The van der Waals surface area contributed by atoms with Crippen LogP contribution in [0.25, 0.3) is 0 Å². The first-order valence-corrected chi connectivity index (χ1v) is 4.67. The fourth-order valence-electron chi connectivity index (χ4n) is 1.84. The monoisotopic (exact) mass is 165 g/mol. The second kappa shape index (κ2) is 3.76. The van der Waals surface area contributed by atoms with Crippen LogP contribution in [0, 0.1) is 5.92 Å². The molecule has 2 rings (SSSR count). The predicted octanol–water partition coefficient (Wildman–Crippen LogP) is 1.82. The minimum atomic E-state index is 0.816. The summed E-state index contributed by atoms with van der Waals surface area (Å²) in [6.07, 6.45) is 7.46. The van der Waals surface area contributed by atoms with Gasteiger partial charge in [0.05, 0.1) is 12.5 Å². The normalized spacial score (nSPS) is 24.2. The van der Waals surface area contributed by atoms with E-state index in [1.54, 1.807) is 6.26 Å². The van der Waals surface area contributed by atoms with E-state index in [4.69, 9.17) is 4.42 Å². The maximum absolute atomic E-state index is 5.04. The van der Waals surface area contributed by atoms with Crippen LogP contribution in [-0.4, -0.2) is 13.1 Å². The highest BCUT2D eigenvalue weighted by molar-refractivity contribution is 5.06. The maximum atomic E-state index is 5.04. The zero-order valence-electron chi connectivity index (χ0n) is 7.25. The van der Waals surface area contributed by atoms with Crippen LogP contribution in [0.5, 0.6) is 0 Å². The average molecular weight is 165 g/mol. The number of nitrogens with one attached hydrogen (secondary N) is 1. The molecule has 1 fully saturated rings. The van der Waals surface area contributed by atoms with Gasteiger partial charge in [0.25, 0.3) is 0 Å². The molecule has 66 valence electrons. The third-order valence-corrected chi connectivity index (χ3v) is 2.50. The number of rotatable bonds is 2. The Labute approximate surface area is 73.0 Å². The minimum absolute atomic E-state index is 0.816. The van der Waals surface area contributed by atoms with E-state index >= 15 is 0 Å². The van der Waals surface area contributed by atoms with Crippen molar-refractivity contribution in [1.29, 1.82) is 0 Å². The zero-order valence-corrected chi connectivity index (χ0v) is 7.25. The van der Waals surface area contributed by atoms with Crippen molar-refractivity contribution in [2.45, 2.75) is 19.3 Å². The van der Waals surface area contributed by atoms with E-state index in [2.05, 4.69) is 11.4 Å². The van der Waals surface area contributed by atoms with Crippen LogP contribution >= 0.6 is 0 Å². The molecule has 1 N–H and O–H groups in total. The molecule has 0 aromatic carbocycles. The third-order valence-electron chi connectivity index (χ3n) is 2.50. The van der Waals surface area contributed by atoms with Gasteiger partial charge < -0.3 is 9.73 Å². The molecule has 1 atom stereocenters. The van der Waals surface area contributed by atoms with Crippen molar-refractivity contribution >= 4 is 0 Å². The molecule has 0 amide bonds. The van der Waals surface area contributed by atoms with Crippen molar-refractivity contribution in [2.24, 2.45) is 5.92 Å². The number of hydrogen-bond acceptors (Lipinski definition) is 2. The fourth-order valence-corrected chi connectivity index (χ4v) is 1.84. The van der Waals surface area contributed by atoms with Gasteiger partial charge in [-0.1, -0.05) is 0 Å². The summed E-state index contributed by atoms with van der Waals surface area (Å²) in [6, 6.07) is 2.06. The van der Waals surface area contributed by atoms with Crippen LogP contribution in [0.4, 0.5) is 0 Å². The molecular formula is C10H15NO. The van der Waals surface area contributed by atoms with E-state index in [-0.39, 0.29) is 0 Å². The average Bonchev–Trinajstić information content (AvgIpc) is 2.59. The van der Waals surface area contributed by atoms with Crippen molar-refractivity contribution < 1.29 is 4.42 Å². The van der Waals surface area contributed by atoms with Crippen LogP contribution in [-0.2, 0) is 6.42 Å². The van der Waals surface area contributed by atoms with Crippen molar-refractivity contribution in [3.05, 3.63) is 24.2 Å². The van der Waals surface area contributed by atoms with E-state index in [0.29, 0.717) is 0 Å². The Morgan fingerprint density at radius 3 is 3.25 bits per heavy atom. The lowest BCUT2D eigenvalue weighted by atomic mass is 9.94. The van der Waals surface area contributed by atoms with Gasteiger partial charge in [0.15, 0.2) is 0 Å². The minimum Gasteiger partial charge on any atom is -0.472 e. The van der Waals surface area contributed by atoms with Gasteiger partial charge in [-0.25, -0.2) is 0 Å². The molecule has 1 aromatic heterocycles. The van der Waals surface area contributed by atoms with Gasteiger partial charge in [-0.05, 0) is 49.9 Å². The van der Waals surface area contributed by atoms with Gasteiger partial charge >= 0.3 is 0 Å². The highest BCUT2D eigenvalue weighted by atomic mass is 16.3. The van der Waals surface area contributed by atoms with Crippen molar-refractivity contribution in [1.82, 2.24) is 5.32 Å². The van der Waals surface area contributed by atoms with Crippen LogP contribution < -0.4 is 5.32 Å².